The van der Waals surface area contributed by atoms with Crippen LogP contribution in [-0.2, 0) is 11.2 Å². The molecule has 102 valence electrons. The van der Waals surface area contributed by atoms with Crippen LogP contribution in [0.3, 0.4) is 0 Å². The van der Waals surface area contributed by atoms with Gasteiger partial charge in [0, 0.05) is 13.2 Å². The third-order valence-electron chi connectivity index (χ3n) is 3.34. The van der Waals surface area contributed by atoms with Crippen molar-refractivity contribution in [3.8, 4) is 5.75 Å². The lowest BCUT2D eigenvalue weighted by Crippen LogP contribution is -1.97. The molecular formula is C16H26O2. The van der Waals surface area contributed by atoms with Crippen molar-refractivity contribution in [1.82, 2.24) is 0 Å². The fraction of sp³-hybridized carbons (Fsp3) is 0.625. The molecule has 0 heterocycles. The number of unbranched alkanes of at least 4 members (excludes halogenated alkanes) is 2. The first-order chi connectivity index (χ1) is 8.69. The van der Waals surface area contributed by atoms with E-state index in [-0.39, 0.29) is 0 Å². The molecule has 0 saturated heterocycles. The fourth-order valence-electron chi connectivity index (χ4n) is 2.08. The van der Waals surface area contributed by atoms with Gasteiger partial charge in [-0.25, -0.2) is 0 Å². The summed E-state index contributed by atoms with van der Waals surface area (Å²) in [5, 5.41) is 0. The van der Waals surface area contributed by atoms with Crippen LogP contribution in [-0.4, -0.2) is 20.3 Å². The average Bonchev–Trinajstić information content (AvgIpc) is 2.37. The van der Waals surface area contributed by atoms with E-state index in [1.165, 1.54) is 29.5 Å². The molecule has 0 aliphatic rings. The lowest BCUT2D eigenvalue weighted by Gasteiger charge is -2.11. The summed E-state index contributed by atoms with van der Waals surface area (Å²) >= 11 is 0. The quantitative estimate of drug-likeness (QED) is 0.648. The second-order valence-corrected chi connectivity index (χ2v) is 4.76. The summed E-state index contributed by atoms with van der Waals surface area (Å²) in [4.78, 5) is 0. The van der Waals surface area contributed by atoms with Gasteiger partial charge in [0.25, 0.3) is 0 Å². The summed E-state index contributed by atoms with van der Waals surface area (Å²) in [6.07, 6.45) is 4.67. The lowest BCUT2D eigenvalue weighted by molar-refractivity contribution is 0.143. The van der Waals surface area contributed by atoms with Gasteiger partial charge in [-0.15, -0.1) is 0 Å². The smallest absolute Gasteiger partial charge is 0.122 e. The SMILES string of the molecule is CCOCCCCCc1cc(C)c(C)cc1OC. The van der Waals surface area contributed by atoms with Gasteiger partial charge in [0.1, 0.15) is 5.75 Å². The van der Waals surface area contributed by atoms with E-state index >= 15 is 0 Å². The largest absolute Gasteiger partial charge is 0.496 e. The van der Waals surface area contributed by atoms with Crippen molar-refractivity contribution in [2.45, 2.75) is 46.5 Å². The van der Waals surface area contributed by atoms with E-state index in [2.05, 4.69) is 26.0 Å². The van der Waals surface area contributed by atoms with E-state index in [0.29, 0.717) is 0 Å². The molecule has 0 fully saturated rings. The van der Waals surface area contributed by atoms with Gasteiger partial charge >= 0.3 is 0 Å². The predicted molar refractivity (Wildman–Crippen MR) is 76.5 cm³/mol. The molecule has 0 amide bonds. The van der Waals surface area contributed by atoms with Crippen molar-refractivity contribution in [2.24, 2.45) is 0 Å². The number of hydrogen-bond donors (Lipinski definition) is 0. The Hall–Kier alpha value is -1.02. The third-order valence-corrected chi connectivity index (χ3v) is 3.34. The molecule has 1 aromatic carbocycles. The molecule has 1 rings (SSSR count). The minimum absolute atomic E-state index is 0.824. The van der Waals surface area contributed by atoms with Crippen LogP contribution >= 0.6 is 0 Å². The summed E-state index contributed by atoms with van der Waals surface area (Å²) in [5.74, 6) is 1.03. The van der Waals surface area contributed by atoms with Gasteiger partial charge in [-0.3, -0.25) is 0 Å². The van der Waals surface area contributed by atoms with Crippen LogP contribution in [0.5, 0.6) is 5.75 Å². The normalized spacial score (nSPS) is 10.7. The minimum atomic E-state index is 0.824. The van der Waals surface area contributed by atoms with Crippen LogP contribution in [0, 0.1) is 13.8 Å². The first kappa shape index (κ1) is 15.0. The highest BCUT2D eigenvalue weighted by atomic mass is 16.5. The van der Waals surface area contributed by atoms with Crippen molar-refractivity contribution < 1.29 is 9.47 Å². The lowest BCUT2D eigenvalue weighted by atomic mass is 10.0. The molecular weight excluding hydrogens is 224 g/mol. The molecule has 2 nitrogen and oxygen atoms in total. The zero-order chi connectivity index (χ0) is 13.4. The zero-order valence-corrected chi connectivity index (χ0v) is 12.2. The summed E-state index contributed by atoms with van der Waals surface area (Å²) < 4.78 is 10.8. The van der Waals surface area contributed by atoms with Crippen LogP contribution in [0.2, 0.25) is 0 Å². The first-order valence-corrected chi connectivity index (χ1v) is 6.91. The first-order valence-electron chi connectivity index (χ1n) is 6.91. The molecule has 2 heteroatoms. The van der Waals surface area contributed by atoms with Gasteiger partial charge < -0.3 is 9.47 Å². The van der Waals surface area contributed by atoms with E-state index < -0.39 is 0 Å². The summed E-state index contributed by atoms with van der Waals surface area (Å²) in [7, 11) is 1.75. The van der Waals surface area contributed by atoms with Crippen molar-refractivity contribution in [3.63, 3.8) is 0 Å². The molecule has 0 radical (unpaired) electrons. The maximum Gasteiger partial charge on any atom is 0.122 e. The van der Waals surface area contributed by atoms with Crippen LogP contribution in [0.15, 0.2) is 12.1 Å². The summed E-state index contributed by atoms with van der Waals surface area (Å²) in [5.41, 5.74) is 3.98. The number of benzene rings is 1. The molecule has 0 N–H and O–H groups in total. The average molecular weight is 250 g/mol. The number of ether oxygens (including phenoxy) is 2. The zero-order valence-electron chi connectivity index (χ0n) is 12.2. The molecule has 0 unspecified atom stereocenters. The van der Waals surface area contributed by atoms with Gasteiger partial charge in [0.15, 0.2) is 0 Å². The molecule has 1 aromatic rings. The van der Waals surface area contributed by atoms with Gasteiger partial charge in [0.2, 0.25) is 0 Å². The second kappa shape index (κ2) is 8.15. The molecule has 0 bridgehead atoms. The highest BCUT2D eigenvalue weighted by Gasteiger charge is 2.05. The van der Waals surface area contributed by atoms with E-state index in [4.69, 9.17) is 9.47 Å². The number of hydrogen-bond acceptors (Lipinski definition) is 2. The van der Waals surface area contributed by atoms with Gasteiger partial charge in [-0.2, -0.15) is 0 Å². The summed E-state index contributed by atoms with van der Waals surface area (Å²) in [6.45, 7) is 8.04. The van der Waals surface area contributed by atoms with Gasteiger partial charge in [-0.05, 0) is 62.8 Å². The molecule has 18 heavy (non-hydrogen) atoms. The Balaban J connectivity index is 2.43. The molecule has 0 atom stereocenters. The Morgan fingerprint density at radius 1 is 1.00 bits per heavy atom. The number of rotatable bonds is 8. The van der Waals surface area contributed by atoms with Crippen molar-refractivity contribution >= 4 is 0 Å². The molecule has 0 aromatic heterocycles. The molecule has 0 aliphatic carbocycles. The minimum Gasteiger partial charge on any atom is -0.496 e. The number of methoxy groups -OCH3 is 1. The highest BCUT2D eigenvalue weighted by Crippen LogP contribution is 2.24. The van der Waals surface area contributed by atoms with E-state index in [1.54, 1.807) is 7.11 Å². The maximum absolute atomic E-state index is 5.45. The van der Waals surface area contributed by atoms with Crippen molar-refractivity contribution in [3.05, 3.63) is 28.8 Å². The summed E-state index contributed by atoms with van der Waals surface area (Å²) in [6, 6.07) is 4.40. The Kier molecular flexibility index (Phi) is 6.81. The Morgan fingerprint density at radius 2 is 1.72 bits per heavy atom. The Bertz CT molecular complexity index is 358. The van der Waals surface area contributed by atoms with Gasteiger partial charge in [0.05, 0.1) is 7.11 Å². The van der Waals surface area contributed by atoms with Crippen molar-refractivity contribution in [2.75, 3.05) is 20.3 Å². The third kappa shape index (κ3) is 4.69. The topological polar surface area (TPSA) is 18.5 Å². The van der Waals surface area contributed by atoms with Crippen LogP contribution in [0.1, 0.15) is 42.9 Å². The van der Waals surface area contributed by atoms with E-state index in [1.807, 2.05) is 6.92 Å². The van der Waals surface area contributed by atoms with E-state index in [0.717, 1.165) is 31.8 Å². The maximum atomic E-state index is 5.45. The monoisotopic (exact) mass is 250 g/mol. The van der Waals surface area contributed by atoms with Crippen LogP contribution in [0.25, 0.3) is 0 Å². The molecule has 0 aliphatic heterocycles. The standard InChI is InChI=1S/C16H26O2/c1-5-18-10-8-6-7-9-15-11-13(2)14(3)12-16(15)17-4/h11-12H,5-10H2,1-4H3. The number of aryl methyl sites for hydroxylation is 3. The fourth-order valence-corrected chi connectivity index (χ4v) is 2.08. The molecule has 0 saturated carbocycles. The van der Waals surface area contributed by atoms with Crippen LogP contribution in [0.4, 0.5) is 0 Å². The molecule has 0 spiro atoms. The Morgan fingerprint density at radius 3 is 2.39 bits per heavy atom. The van der Waals surface area contributed by atoms with Crippen molar-refractivity contribution in [1.29, 1.82) is 0 Å². The predicted octanol–water partition coefficient (Wildman–Crippen LogP) is 4.06. The highest BCUT2D eigenvalue weighted by molar-refractivity contribution is 5.41. The Labute approximate surface area is 111 Å². The second-order valence-electron chi connectivity index (χ2n) is 4.76. The van der Waals surface area contributed by atoms with E-state index in [9.17, 15) is 0 Å². The van der Waals surface area contributed by atoms with Gasteiger partial charge in [-0.1, -0.05) is 12.5 Å². The van der Waals surface area contributed by atoms with Crippen LogP contribution < -0.4 is 4.74 Å².